The first-order valence-electron chi connectivity index (χ1n) is 5.45. The third-order valence-corrected chi connectivity index (χ3v) is 2.34. The number of hydrogen-bond donors (Lipinski definition) is 0. The average molecular weight is 199 g/mol. The Morgan fingerprint density at radius 1 is 1.29 bits per heavy atom. The summed E-state index contributed by atoms with van der Waals surface area (Å²) in [7, 11) is 2.02. The van der Waals surface area contributed by atoms with Gasteiger partial charge in [0.25, 0.3) is 0 Å². The van der Waals surface area contributed by atoms with E-state index in [0.717, 1.165) is 13.0 Å². The SMILES string of the molecule is CC(C)CCN(C)CC(=O)C(C)(C)C. The third kappa shape index (κ3) is 6.14. The van der Waals surface area contributed by atoms with Crippen molar-refractivity contribution >= 4 is 5.78 Å². The van der Waals surface area contributed by atoms with E-state index in [0.29, 0.717) is 18.2 Å². The lowest BCUT2D eigenvalue weighted by molar-refractivity contribution is -0.127. The van der Waals surface area contributed by atoms with Gasteiger partial charge in [0.05, 0.1) is 6.54 Å². The summed E-state index contributed by atoms with van der Waals surface area (Å²) < 4.78 is 0. The van der Waals surface area contributed by atoms with Gasteiger partial charge >= 0.3 is 0 Å². The summed E-state index contributed by atoms with van der Waals surface area (Å²) in [6, 6.07) is 0. The fourth-order valence-electron chi connectivity index (χ4n) is 1.04. The maximum Gasteiger partial charge on any atom is 0.152 e. The summed E-state index contributed by atoms with van der Waals surface area (Å²) in [6.45, 7) is 11.9. The summed E-state index contributed by atoms with van der Waals surface area (Å²) in [4.78, 5) is 13.8. The maximum absolute atomic E-state index is 11.7. The zero-order valence-corrected chi connectivity index (χ0v) is 10.6. The second-order valence-corrected chi connectivity index (χ2v) is 5.59. The number of ketones is 1. The molecule has 0 N–H and O–H groups in total. The molecule has 0 aliphatic heterocycles. The molecular weight excluding hydrogens is 174 g/mol. The number of nitrogens with zero attached hydrogens (tertiary/aromatic N) is 1. The molecule has 0 aromatic rings. The van der Waals surface area contributed by atoms with Gasteiger partial charge in [-0.25, -0.2) is 0 Å². The highest BCUT2D eigenvalue weighted by Gasteiger charge is 2.21. The van der Waals surface area contributed by atoms with Crippen LogP contribution in [0.2, 0.25) is 0 Å². The minimum Gasteiger partial charge on any atom is -0.299 e. The Balaban J connectivity index is 3.83. The maximum atomic E-state index is 11.7. The topological polar surface area (TPSA) is 20.3 Å². The first-order chi connectivity index (χ1) is 6.23. The molecule has 0 bridgehead atoms. The molecule has 0 saturated heterocycles. The lowest BCUT2D eigenvalue weighted by Crippen LogP contribution is -2.34. The van der Waals surface area contributed by atoms with E-state index in [9.17, 15) is 4.79 Å². The monoisotopic (exact) mass is 199 g/mol. The van der Waals surface area contributed by atoms with Crippen molar-refractivity contribution < 1.29 is 4.79 Å². The van der Waals surface area contributed by atoms with Gasteiger partial charge in [-0.1, -0.05) is 34.6 Å². The smallest absolute Gasteiger partial charge is 0.152 e. The Hall–Kier alpha value is -0.370. The van der Waals surface area contributed by atoms with Crippen molar-refractivity contribution in [3.05, 3.63) is 0 Å². The van der Waals surface area contributed by atoms with Crippen LogP contribution in [0.5, 0.6) is 0 Å². The Morgan fingerprint density at radius 3 is 2.14 bits per heavy atom. The molecule has 2 heteroatoms. The van der Waals surface area contributed by atoms with Crippen molar-refractivity contribution in [1.82, 2.24) is 4.90 Å². The molecule has 0 fully saturated rings. The Labute approximate surface area is 88.7 Å². The number of Topliss-reactive ketones (excluding diaryl/α,β-unsaturated/α-hetero) is 1. The van der Waals surface area contributed by atoms with Crippen LogP contribution in [0, 0.1) is 11.3 Å². The molecule has 0 spiro atoms. The molecule has 84 valence electrons. The molecule has 0 atom stereocenters. The standard InChI is InChI=1S/C12H25NO/c1-10(2)7-8-13(6)9-11(14)12(3,4)5/h10H,7-9H2,1-6H3. The van der Waals surface area contributed by atoms with E-state index >= 15 is 0 Å². The Kier molecular flexibility index (Phi) is 5.35. The molecule has 2 nitrogen and oxygen atoms in total. The largest absolute Gasteiger partial charge is 0.299 e. The minimum absolute atomic E-state index is 0.202. The predicted molar refractivity (Wildman–Crippen MR) is 61.4 cm³/mol. The molecular formula is C12H25NO. The highest BCUT2D eigenvalue weighted by molar-refractivity contribution is 5.85. The quantitative estimate of drug-likeness (QED) is 0.678. The van der Waals surface area contributed by atoms with E-state index in [1.165, 1.54) is 0 Å². The van der Waals surface area contributed by atoms with E-state index in [4.69, 9.17) is 0 Å². The predicted octanol–water partition coefficient (Wildman–Crippen LogP) is 2.58. The molecule has 0 aliphatic rings. The number of carbonyl (C=O) groups is 1. The number of hydrogen-bond acceptors (Lipinski definition) is 2. The van der Waals surface area contributed by atoms with Gasteiger partial charge in [0.2, 0.25) is 0 Å². The van der Waals surface area contributed by atoms with Crippen LogP contribution in [0.25, 0.3) is 0 Å². The van der Waals surface area contributed by atoms with Gasteiger partial charge in [0.15, 0.2) is 5.78 Å². The molecule has 0 rings (SSSR count). The fraction of sp³-hybridized carbons (Fsp3) is 0.917. The number of rotatable bonds is 5. The highest BCUT2D eigenvalue weighted by Crippen LogP contribution is 2.15. The summed E-state index contributed by atoms with van der Waals surface area (Å²) in [5.41, 5.74) is -0.202. The molecule has 0 aromatic heterocycles. The van der Waals surface area contributed by atoms with Crippen molar-refractivity contribution in [2.75, 3.05) is 20.1 Å². The van der Waals surface area contributed by atoms with Crippen LogP contribution >= 0.6 is 0 Å². The van der Waals surface area contributed by atoms with Crippen molar-refractivity contribution in [2.45, 2.75) is 41.0 Å². The third-order valence-electron chi connectivity index (χ3n) is 2.34. The van der Waals surface area contributed by atoms with E-state index in [2.05, 4.69) is 18.7 Å². The molecule has 0 unspecified atom stereocenters. The summed E-state index contributed by atoms with van der Waals surface area (Å²) >= 11 is 0. The summed E-state index contributed by atoms with van der Waals surface area (Å²) in [5.74, 6) is 1.03. The molecule has 14 heavy (non-hydrogen) atoms. The van der Waals surface area contributed by atoms with Crippen molar-refractivity contribution in [3.8, 4) is 0 Å². The average Bonchev–Trinajstić information content (AvgIpc) is 1.99. The second-order valence-electron chi connectivity index (χ2n) is 5.59. The van der Waals surface area contributed by atoms with E-state index in [1.54, 1.807) is 0 Å². The van der Waals surface area contributed by atoms with Gasteiger partial charge in [0, 0.05) is 5.41 Å². The van der Waals surface area contributed by atoms with Crippen LogP contribution in [0.3, 0.4) is 0 Å². The van der Waals surface area contributed by atoms with E-state index in [1.807, 2.05) is 27.8 Å². The van der Waals surface area contributed by atoms with Crippen LogP contribution in [-0.2, 0) is 4.79 Å². The van der Waals surface area contributed by atoms with Crippen molar-refractivity contribution in [1.29, 1.82) is 0 Å². The molecule has 0 aromatic carbocycles. The van der Waals surface area contributed by atoms with Gasteiger partial charge in [-0.15, -0.1) is 0 Å². The van der Waals surface area contributed by atoms with Crippen LogP contribution in [0.4, 0.5) is 0 Å². The number of carbonyl (C=O) groups excluding carboxylic acids is 1. The second kappa shape index (κ2) is 5.50. The van der Waals surface area contributed by atoms with Crippen LogP contribution in [0.15, 0.2) is 0 Å². The molecule has 0 aliphatic carbocycles. The summed E-state index contributed by atoms with van der Waals surface area (Å²) in [6.07, 6.45) is 1.16. The zero-order chi connectivity index (χ0) is 11.4. The van der Waals surface area contributed by atoms with Crippen LogP contribution in [0.1, 0.15) is 41.0 Å². The van der Waals surface area contributed by atoms with Gasteiger partial charge in [-0.05, 0) is 25.9 Å². The van der Waals surface area contributed by atoms with Gasteiger partial charge < -0.3 is 0 Å². The minimum atomic E-state index is -0.202. The van der Waals surface area contributed by atoms with Crippen molar-refractivity contribution in [3.63, 3.8) is 0 Å². The first kappa shape index (κ1) is 13.6. The van der Waals surface area contributed by atoms with Gasteiger partial charge in [-0.2, -0.15) is 0 Å². The van der Waals surface area contributed by atoms with Gasteiger partial charge in [0.1, 0.15) is 0 Å². The van der Waals surface area contributed by atoms with Crippen LogP contribution < -0.4 is 0 Å². The first-order valence-corrected chi connectivity index (χ1v) is 5.45. The highest BCUT2D eigenvalue weighted by atomic mass is 16.1. The summed E-state index contributed by atoms with van der Waals surface area (Å²) in [5, 5.41) is 0. The van der Waals surface area contributed by atoms with E-state index in [-0.39, 0.29) is 5.41 Å². The lowest BCUT2D eigenvalue weighted by atomic mass is 9.90. The van der Waals surface area contributed by atoms with Gasteiger partial charge in [-0.3, -0.25) is 9.69 Å². The van der Waals surface area contributed by atoms with Crippen molar-refractivity contribution in [2.24, 2.45) is 11.3 Å². The molecule has 0 saturated carbocycles. The lowest BCUT2D eigenvalue weighted by Gasteiger charge is -2.22. The van der Waals surface area contributed by atoms with Crippen LogP contribution in [-0.4, -0.2) is 30.8 Å². The molecule has 0 heterocycles. The Bertz CT molecular complexity index is 179. The Morgan fingerprint density at radius 2 is 1.79 bits per heavy atom. The fourth-order valence-corrected chi connectivity index (χ4v) is 1.04. The number of likely N-dealkylation sites (N-methyl/N-ethyl adjacent to an activating group) is 1. The zero-order valence-electron chi connectivity index (χ0n) is 10.6. The van der Waals surface area contributed by atoms with E-state index < -0.39 is 0 Å². The molecule has 0 amide bonds. The molecule has 0 radical (unpaired) electrons. The normalized spacial score (nSPS) is 12.6.